The zero-order chi connectivity index (χ0) is 14.8. The van der Waals surface area contributed by atoms with Crippen LogP contribution in [-0.4, -0.2) is 38.5 Å². The van der Waals surface area contributed by atoms with E-state index in [0.29, 0.717) is 5.88 Å². The molecule has 0 radical (unpaired) electrons. The molecule has 0 unspecified atom stereocenters. The lowest BCUT2D eigenvalue weighted by atomic mass is 10.2. The smallest absolute Gasteiger partial charge is 0.216 e. The first-order valence-corrected chi connectivity index (χ1v) is 7.48. The van der Waals surface area contributed by atoms with Gasteiger partial charge in [0.1, 0.15) is 0 Å². The molecule has 0 atom stereocenters. The van der Waals surface area contributed by atoms with E-state index in [2.05, 4.69) is 39.8 Å². The molecule has 0 saturated carbocycles. The highest BCUT2D eigenvalue weighted by Crippen LogP contribution is 2.13. The summed E-state index contributed by atoms with van der Waals surface area (Å²) in [5, 5.41) is 6.14. The lowest BCUT2D eigenvalue weighted by Gasteiger charge is -2.18. The Bertz CT molecular complexity index is 395. The first-order valence-electron chi connectivity index (χ1n) is 6.94. The zero-order valence-corrected chi connectivity index (χ0v) is 13.0. The van der Waals surface area contributed by atoms with Crippen molar-refractivity contribution in [2.24, 2.45) is 0 Å². The number of carbonyl (C=O) groups is 1. The summed E-state index contributed by atoms with van der Waals surface area (Å²) < 4.78 is 0. The van der Waals surface area contributed by atoms with E-state index in [1.54, 1.807) is 0 Å². The van der Waals surface area contributed by atoms with Crippen LogP contribution in [0.25, 0.3) is 0 Å². The van der Waals surface area contributed by atoms with Gasteiger partial charge in [-0.25, -0.2) is 0 Å². The molecule has 0 bridgehead atoms. The SMILES string of the molecule is CC(=O)NCCCNCc1ccc(N(C)CCCl)cc1. The minimum absolute atomic E-state index is 0.0293. The van der Waals surface area contributed by atoms with Gasteiger partial charge in [-0.3, -0.25) is 4.79 Å². The molecule has 0 fully saturated rings. The minimum Gasteiger partial charge on any atom is -0.373 e. The largest absolute Gasteiger partial charge is 0.373 e. The van der Waals surface area contributed by atoms with Crippen molar-refractivity contribution in [2.75, 3.05) is 37.5 Å². The maximum Gasteiger partial charge on any atom is 0.216 e. The van der Waals surface area contributed by atoms with Crippen molar-refractivity contribution in [2.45, 2.75) is 19.9 Å². The van der Waals surface area contributed by atoms with E-state index in [-0.39, 0.29) is 5.91 Å². The van der Waals surface area contributed by atoms with Crippen LogP contribution in [0.15, 0.2) is 24.3 Å². The van der Waals surface area contributed by atoms with Crippen LogP contribution < -0.4 is 15.5 Å². The third kappa shape index (κ3) is 6.78. The van der Waals surface area contributed by atoms with Gasteiger partial charge in [-0.15, -0.1) is 11.6 Å². The van der Waals surface area contributed by atoms with Gasteiger partial charge in [-0.1, -0.05) is 12.1 Å². The lowest BCUT2D eigenvalue weighted by Crippen LogP contribution is -2.25. The highest BCUT2D eigenvalue weighted by Gasteiger charge is 2.00. The predicted molar refractivity (Wildman–Crippen MR) is 85.4 cm³/mol. The summed E-state index contributed by atoms with van der Waals surface area (Å²) in [6.07, 6.45) is 0.941. The molecular weight excluding hydrogens is 274 g/mol. The van der Waals surface area contributed by atoms with E-state index in [1.807, 2.05) is 7.05 Å². The highest BCUT2D eigenvalue weighted by molar-refractivity contribution is 6.18. The molecule has 5 heteroatoms. The van der Waals surface area contributed by atoms with E-state index < -0.39 is 0 Å². The van der Waals surface area contributed by atoms with Crippen molar-refractivity contribution in [3.63, 3.8) is 0 Å². The Morgan fingerprint density at radius 3 is 2.55 bits per heavy atom. The summed E-state index contributed by atoms with van der Waals surface area (Å²) in [5.74, 6) is 0.662. The van der Waals surface area contributed by atoms with E-state index in [9.17, 15) is 4.79 Å². The number of hydrogen-bond acceptors (Lipinski definition) is 3. The Morgan fingerprint density at radius 1 is 1.25 bits per heavy atom. The van der Waals surface area contributed by atoms with Crippen molar-refractivity contribution in [1.82, 2.24) is 10.6 Å². The summed E-state index contributed by atoms with van der Waals surface area (Å²) >= 11 is 5.73. The number of anilines is 1. The third-order valence-electron chi connectivity index (χ3n) is 3.03. The van der Waals surface area contributed by atoms with Crippen molar-refractivity contribution in [3.05, 3.63) is 29.8 Å². The summed E-state index contributed by atoms with van der Waals surface area (Å²) in [6.45, 7) is 4.86. The molecule has 0 heterocycles. The van der Waals surface area contributed by atoms with Crippen molar-refractivity contribution in [3.8, 4) is 0 Å². The van der Waals surface area contributed by atoms with Crippen LogP contribution in [0.4, 0.5) is 5.69 Å². The molecular formula is C15H24ClN3O. The fourth-order valence-corrected chi connectivity index (χ4v) is 2.09. The zero-order valence-electron chi connectivity index (χ0n) is 12.3. The average molecular weight is 298 g/mol. The Balaban J connectivity index is 2.23. The molecule has 0 saturated heterocycles. The number of amides is 1. The number of rotatable bonds is 9. The van der Waals surface area contributed by atoms with E-state index in [0.717, 1.165) is 32.6 Å². The first-order chi connectivity index (χ1) is 9.63. The van der Waals surface area contributed by atoms with Gasteiger partial charge in [0.25, 0.3) is 0 Å². The van der Waals surface area contributed by atoms with Gasteiger partial charge in [0.2, 0.25) is 5.91 Å². The van der Waals surface area contributed by atoms with E-state index >= 15 is 0 Å². The number of carbonyl (C=O) groups excluding carboxylic acids is 1. The molecule has 0 aliphatic carbocycles. The van der Waals surface area contributed by atoms with Crippen molar-refractivity contribution in [1.29, 1.82) is 0 Å². The van der Waals surface area contributed by atoms with Gasteiger partial charge in [-0.05, 0) is 30.7 Å². The number of nitrogens with zero attached hydrogens (tertiary/aromatic N) is 1. The molecule has 0 spiro atoms. The minimum atomic E-state index is 0.0293. The molecule has 0 aliphatic rings. The fraction of sp³-hybridized carbons (Fsp3) is 0.533. The van der Waals surface area contributed by atoms with Gasteiger partial charge in [0.15, 0.2) is 0 Å². The van der Waals surface area contributed by atoms with Crippen LogP contribution in [0.1, 0.15) is 18.9 Å². The number of hydrogen-bond donors (Lipinski definition) is 2. The molecule has 0 aliphatic heterocycles. The van der Waals surface area contributed by atoms with E-state index in [1.165, 1.54) is 18.2 Å². The maximum absolute atomic E-state index is 10.7. The van der Waals surface area contributed by atoms with E-state index in [4.69, 9.17) is 11.6 Å². The van der Waals surface area contributed by atoms with Crippen LogP contribution in [0, 0.1) is 0 Å². The molecule has 2 N–H and O–H groups in total. The Kier molecular flexibility index (Phi) is 8.07. The highest BCUT2D eigenvalue weighted by atomic mass is 35.5. The molecule has 1 aromatic carbocycles. The van der Waals surface area contributed by atoms with Crippen LogP contribution in [0.2, 0.25) is 0 Å². The number of benzene rings is 1. The molecule has 4 nitrogen and oxygen atoms in total. The number of alkyl halides is 1. The lowest BCUT2D eigenvalue weighted by molar-refractivity contribution is -0.118. The van der Waals surface area contributed by atoms with Crippen LogP contribution in [-0.2, 0) is 11.3 Å². The quantitative estimate of drug-likeness (QED) is 0.541. The molecule has 1 amide bonds. The van der Waals surface area contributed by atoms with Gasteiger partial charge in [0, 0.05) is 45.2 Å². The normalized spacial score (nSPS) is 10.3. The molecule has 0 aromatic heterocycles. The topological polar surface area (TPSA) is 44.4 Å². The van der Waals surface area contributed by atoms with Gasteiger partial charge in [0.05, 0.1) is 0 Å². The first kappa shape index (κ1) is 16.8. The molecule has 20 heavy (non-hydrogen) atoms. The molecule has 112 valence electrons. The second kappa shape index (κ2) is 9.61. The third-order valence-corrected chi connectivity index (χ3v) is 3.20. The fourth-order valence-electron chi connectivity index (χ4n) is 1.83. The second-order valence-electron chi connectivity index (χ2n) is 4.79. The summed E-state index contributed by atoms with van der Waals surface area (Å²) in [5.41, 5.74) is 2.44. The van der Waals surface area contributed by atoms with Crippen molar-refractivity contribution < 1.29 is 4.79 Å². The standard InChI is InChI=1S/C15H24ClN3O/c1-13(20)18-10-3-9-17-12-14-4-6-15(7-5-14)19(2)11-8-16/h4-7,17H,3,8-12H2,1-2H3,(H,18,20). The van der Waals surface area contributed by atoms with Gasteiger partial charge < -0.3 is 15.5 Å². The van der Waals surface area contributed by atoms with Gasteiger partial charge in [-0.2, -0.15) is 0 Å². The Hall–Kier alpha value is -1.26. The average Bonchev–Trinajstić information content (AvgIpc) is 2.43. The summed E-state index contributed by atoms with van der Waals surface area (Å²) in [6, 6.07) is 8.48. The number of halogens is 1. The molecule has 1 rings (SSSR count). The molecule has 1 aromatic rings. The van der Waals surface area contributed by atoms with Crippen LogP contribution in [0.5, 0.6) is 0 Å². The summed E-state index contributed by atoms with van der Waals surface area (Å²) in [7, 11) is 2.04. The monoisotopic (exact) mass is 297 g/mol. The van der Waals surface area contributed by atoms with Gasteiger partial charge >= 0.3 is 0 Å². The Morgan fingerprint density at radius 2 is 1.95 bits per heavy atom. The summed E-state index contributed by atoms with van der Waals surface area (Å²) in [4.78, 5) is 12.8. The Labute approximate surface area is 126 Å². The number of nitrogens with one attached hydrogen (secondary N) is 2. The maximum atomic E-state index is 10.7. The van der Waals surface area contributed by atoms with Crippen molar-refractivity contribution >= 4 is 23.2 Å². The van der Waals surface area contributed by atoms with Crippen LogP contribution in [0.3, 0.4) is 0 Å². The second-order valence-corrected chi connectivity index (χ2v) is 5.17. The predicted octanol–water partition coefficient (Wildman–Crippen LogP) is 1.98. The van der Waals surface area contributed by atoms with Crippen LogP contribution >= 0.6 is 11.6 Å².